The number of carbonyl (C=O) groups is 1. The van der Waals surface area contributed by atoms with Crippen LogP contribution in [0.2, 0.25) is 0 Å². The third kappa shape index (κ3) is 5.19. The first-order chi connectivity index (χ1) is 8.65. The lowest BCUT2D eigenvalue weighted by atomic mass is 10.1. The first-order valence-electron chi connectivity index (χ1n) is 6.04. The maximum absolute atomic E-state index is 11.0. The first kappa shape index (κ1) is 14.5. The SMILES string of the molecule is COC(=O)CCN(C)CCc1ccc(OC)cc1. The van der Waals surface area contributed by atoms with Crippen LogP contribution in [0.3, 0.4) is 0 Å². The van der Waals surface area contributed by atoms with E-state index in [9.17, 15) is 4.79 Å². The predicted molar refractivity (Wildman–Crippen MR) is 70.8 cm³/mol. The Bertz CT molecular complexity index is 362. The molecule has 0 amide bonds. The van der Waals surface area contributed by atoms with Crippen molar-refractivity contribution in [1.29, 1.82) is 0 Å². The Labute approximate surface area is 108 Å². The molecule has 4 heteroatoms. The van der Waals surface area contributed by atoms with Gasteiger partial charge in [0.25, 0.3) is 0 Å². The zero-order valence-electron chi connectivity index (χ0n) is 11.3. The van der Waals surface area contributed by atoms with Crippen LogP contribution in [0.4, 0.5) is 0 Å². The molecule has 0 aliphatic rings. The van der Waals surface area contributed by atoms with Crippen LogP contribution in [-0.2, 0) is 16.0 Å². The fraction of sp³-hybridized carbons (Fsp3) is 0.500. The molecule has 0 spiro atoms. The second kappa shape index (κ2) is 7.71. The Morgan fingerprint density at radius 2 is 1.83 bits per heavy atom. The molecule has 0 aliphatic carbocycles. The van der Waals surface area contributed by atoms with Gasteiger partial charge in [0.15, 0.2) is 0 Å². The standard InChI is InChI=1S/C14H21NO3/c1-15(11-9-14(16)18-3)10-8-12-4-6-13(17-2)7-5-12/h4-7H,8-11H2,1-3H3. The Kier molecular flexibility index (Phi) is 6.22. The number of methoxy groups -OCH3 is 2. The molecule has 0 aromatic heterocycles. The van der Waals surface area contributed by atoms with Crippen molar-refractivity contribution in [2.45, 2.75) is 12.8 Å². The fourth-order valence-corrected chi connectivity index (χ4v) is 1.61. The molecule has 0 bridgehead atoms. The van der Waals surface area contributed by atoms with Gasteiger partial charge in [-0.15, -0.1) is 0 Å². The number of rotatable bonds is 7. The van der Waals surface area contributed by atoms with Gasteiger partial charge in [0, 0.05) is 13.1 Å². The Hall–Kier alpha value is -1.55. The van der Waals surface area contributed by atoms with Gasteiger partial charge in [-0.05, 0) is 31.2 Å². The fourth-order valence-electron chi connectivity index (χ4n) is 1.61. The van der Waals surface area contributed by atoms with Gasteiger partial charge in [-0.2, -0.15) is 0 Å². The van der Waals surface area contributed by atoms with E-state index in [0.29, 0.717) is 6.42 Å². The molecule has 0 saturated heterocycles. The van der Waals surface area contributed by atoms with Crippen molar-refractivity contribution < 1.29 is 14.3 Å². The third-order valence-corrected chi connectivity index (χ3v) is 2.87. The van der Waals surface area contributed by atoms with E-state index >= 15 is 0 Å². The quantitative estimate of drug-likeness (QED) is 0.692. The van der Waals surface area contributed by atoms with Crippen LogP contribution >= 0.6 is 0 Å². The molecule has 0 saturated carbocycles. The van der Waals surface area contributed by atoms with Crippen molar-refractivity contribution in [2.75, 3.05) is 34.4 Å². The summed E-state index contributed by atoms with van der Waals surface area (Å²) < 4.78 is 9.72. The first-order valence-corrected chi connectivity index (χ1v) is 6.04. The molecular formula is C14H21NO3. The van der Waals surface area contributed by atoms with Gasteiger partial charge in [0.2, 0.25) is 0 Å². The molecule has 0 heterocycles. The zero-order chi connectivity index (χ0) is 13.4. The van der Waals surface area contributed by atoms with Crippen molar-refractivity contribution in [3.8, 4) is 5.75 Å². The lowest BCUT2D eigenvalue weighted by Gasteiger charge is -2.15. The Morgan fingerprint density at radius 1 is 1.17 bits per heavy atom. The van der Waals surface area contributed by atoms with Gasteiger partial charge >= 0.3 is 5.97 Å². The Balaban J connectivity index is 2.28. The van der Waals surface area contributed by atoms with Gasteiger partial charge in [0.05, 0.1) is 20.6 Å². The number of benzene rings is 1. The number of nitrogens with zero attached hydrogens (tertiary/aromatic N) is 1. The summed E-state index contributed by atoms with van der Waals surface area (Å²) in [7, 11) is 5.09. The van der Waals surface area contributed by atoms with Crippen LogP contribution in [0, 0.1) is 0 Å². The van der Waals surface area contributed by atoms with E-state index in [1.807, 2.05) is 19.2 Å². The van der Waals surface area contributed by atoms with E-state index in [1.54, 1.807) is 7.11 Å². The molecule has 0 radical (unpaired) electrons. The molecular weight excluding hydrogens is 230 g/mol. The highest BCUT2D eigenvalue weighted by atomic mass is 16.5. The summed E-state index contributed by atoms with van der Waals surface area (Å²) in [6.45, 7) is 1.64. The highest BCUT2D eigenvalue weighted by molar-refractivity contribution is 5.69. The largest absolute Gasteiger partial charge is 0.497 e. The number of likely N-dealkylation sites (N-methyl/N-ethyl adjacent to an activating group) is 1. The molecule has 4 nitrogen and oxygen atoms in total. The summed E-state index contributed by atoms with van der Waals surface area (Å²) in [5, 5.41) is 0. The second-order valence-electron chi connectivity index (χ2n) is 4.23. The topological polar surface area (TPSA) is 38.8 Å². The van der Waals surface area contributed by atoms with E-state index in [-0.39, 0.29) is 5.97 Å². The molecule has 0 N–H and O–H groups in total. The molecule has 1 aromatic rings. The highest BCUT2D eigenvalue weighted by Crippen LogP contribution is 2.11. The van der Waals surface area contributed by atoms with Crippen molar-refractivity contribution in [1.82, 2.24) is 4.90 Å². The van der Waals surface area contributed by atoms with Crippen LogP contribution in [-0.4, -0.2) is 45.2 Å². The minimum Gasteiger partial charge on any atom is -0.497 e. The normalized spacial score (nSPS) is 10.4. The molecule has 0 atom stereocenters. The predicted octanol–water partition coefficient (Wildman–Crippen LogP) is 1.73. The van der Waals surface area contributed by atoms with Crippen LogP contribution in [0.25, 0.3) is 0 Å². The molecule has 100 valence electrons. The minimum absolute atomic E-state index is 0.161. The van der Waals surface area contributed by atoms with E-state index in [2.05, 4.69) is 21.8 Å². The van der Waals surface area contributed by atoms with Crippen LogP contribution in [0.15, 0.2) is 24.3 Å². The zero-order valence-corrected chi connectivity index (χ0v) is 11.3. The minimum atomic E-state index is -0.161. The molecule has 0 fully saturated rings. The number of esters is 1. The number of hydrogen-bond donors (Lipinski definition) is 0. The molecule has 0 aliphatic heterocycles. The van der Waals surface area contributed by atoms with Gasteiger partial charge in [-0.25, -0.2) is 0 Å². The maximum atomic E-state index is 11.0. The van der Waals surface area contributed by atoms with E-state index in [0.717, 1.165) is 25.3 Å². The van der Waals surface area contributed by atoms with Crippen molar-refractivity contribution >= 4 is 5.97 Å². The summed E-state index contributed by atoms with van der Waals surface area (Å²) in [6.07, 6.45) is 1.40. The smallest absolute Gasteiger partial charge is 0.306 e. The molecule has 0 unspecified atom stereocenters. The number of ether oxygens (including phenoxy) is 2. The lowest BCUT2D eigenvalue weighted by molar-refractivity contribution is -0.140. The monoisotopic (exact) mass is 251 g/mol. The third-order valence-electron chi connectivity index (χ3n) is 2.87. The van der Waals surface area contributed by atoms with Gasteiger partial charge in [0.1, 0.15) is 5.75 Å². The average Bonchev–Trinajstić information content (AvgIpc) is 2.42. The van der Waals surface area contributed by atoms with Crippen LogP contribution in [0.1, 0.15) is 12.0 Å². The van der Waals surface area contributed by atoms with E-state index in [4.69, 9.17) is 4.74 Å². The summed E-state index contributed by atoms with van der Waals surface area (Å²) in [4.78, 5) is 13.1. The van der Waals surface area contributed by atoms with Gasteiger partial charge in [-0.3, -0.25) is 4.79 Å². The summed E-state index contributed by atoms with van der Waals surface area (Å²) in [6, 6.07) is 8.05. The lowest BCUT2D eigenvalue weighted by Crippen LogP contribution is -2.24. The maximum Gasteiger partial charge on any atom is 0.306 e. The highest BCUT2D eigenvalue weighted by Gasteiger charge is 2.04. The summed E-state index contributed by atoms with van der Waals surface area (Å²) in [5.41, 5.74) is 1.26. The number of hydrogen-bond acceptors (Lipinski definition) is 4. The van der Waals surface area contributed by atoms with E-state index in [1.165, 1.54) is 12.7 Å². The average molecular weight is 251 g/mol. The van der Waals surface area contributed by atoms with Crippen molar-refractivity contribution in [2.24, 2.45) is 0 Å². The molecule has 1 rings (SSSR count). The van der Waals surface area contributed by atoms with Crippen molar-refractivity contribution in [3.05, 3.63) is 29.8 Å². The Morgan fingerprint density at radius 3 is 2.39 bits per heavy atom. The van der Waals surface area contributed by atoms with Gasteiger partial charge in [-0.1, -0.05) is 12.1 Å². The summed E-state index contributed by atoms with van der Waals surface area (Å²) >= 11 is 0. The molecule has 18 heavy (non-hydrogen) atoms. The number of carbonyl (C=O) groups excluding carboxylic acids is 1. The summed E-state index contributed by atoms with van der Waals surface area (Å²) in [5.74, 6) is 0.712. The van der Waals surface area contributed by atoms with Crippen LogP contribution in [0.5, 0.6) is 5.75 Å². The van der Waals surface area contributed by atoms with E-state index < -0.39 is 0 Å². The van der Waals surface area contributed by atoms with Crippen molar-refractivity contribution in [3.63, 3.8) is 0 Å². The second-order valence-corrected chi connectivity index (χ2v) is 4.23. The molecule has 1 aromatic carbocycles. The van der Waals surface area contributed by atoms with Gasteiger partial charge < -0.3 is 14.4 Å². The van der Waals surface area contributed by atoms with Crippen LogP contribution < -0.4 is 4.74 Å².